The molecular formula is C29H21ClF2N4O4. The number of anilines is 2. The molecule has 0 radical (unpaired) electrons. The molecule has 0 saturated carbocycles. The molecule has 2 heterocycles. The molecule has 5 aromatic rings. The summed E-state index contributed by atoms with van der Waals surface area (Å²) in [5, 5.41) is 12.7. The second-order valence-corrected chi connectivity index (χ2v) is 9.16. The Labute approximate surface area is 231 Å². The molecule has 202 valence electrons. The molecule has 0 unspecified atom stereocenters. The summed E-state index contributed by atoms with van der Waals surface area (Å²) in [6.07, 6.45) is -1.56. The van der Waals surface area contributed by atoms with Crippen LogP contribution in [-0.4, -0.2) is 32.6 Å². The normalized spacial score (nSPS) is 11.1. The second kappa shape index (κ2) is 11.5. The van der Waals surface area contributed by atoms with Gasteiger partial charge in [-0.3, -0.25) is 14.8 Å². The van der Waals surface area contributed by atoms with Crippen molar-refractivity contribution in [2.75, 3.05) is 11.9 Å². The van der Waals surface area contributed by atoms with E-state index in [0.29, 0.717) is 33.1 Å². The summed E-state index contributed by atoms with van der Waals surface area (Å²) in [6.45, 7) is 0.0571. The van der Waals surface area contributed by atoms with E-state index >= 15 is 0 Å². The van der Waals surface area contributed by atoms with Crippen LogP contribution in [0.15, 0.2) is 83.8 Å². The van der Waals surface area contributed by atoms with Crippen molar-refractivity contribution in [3.8, 4) is 16.9 Å². The molecule has 0 spiro atoms. The zero-order chi connectivity index (χ0) is 28.2. The van der Waals surface area contributed by atoms with E-state index in [1.165, 1.54) is 18.3 Å². The van der Waals surface area contributed by atoms with Crippen molar-refractivity contribution < 1.29 is 23.4 Å². The number of aromatic nitrogens is 3. The van der Waals surface area contributed by atoms with Crippen molar-refractivity contribution in [3.63, 3.8) is 0 Å². The van der Waals surface area contributed by atoms with Gasteiger partial charge in [0.05, 0.1) is 17.6 Å². The Hall–Kier alpha value is -4.83. The Morgan fingerprint density at radius 2 is 1.88 bits per heavy atom. The van der Waals surface area contributed by atoms with Crippen molar-refractivity contribution in [3.05, 3.63) is 111 Å². The minimum Gasteiger partial charge on any atom is -0.493 e. The molecule has 0 fully saturated rings. The number of nitrogens with one attached hydrogen (secondary N) is 2. The highest BCUT2D eigenvalue weighted by atomic mass is 35.5. The van der Waals surface area contributed by atoms with Crippen LogP contribution in [0, 0.1) is 0 Å². The van der Waals surface area contributed by atoms with E-state index in [1.807, 2.05) is 6.07 Å². The van der Waals surface area contributed by atoms with Crippen LogP contribution in [-0.2, 0) is 6.42 Å². The molecule has 40 heavy (non-hydrogen) atoms. The number of carboxylic acid groups (broad SMARTS) is 1. The molecule has 5 rings (SSSR count). The maximum atomic E-state index is 13.8. The second-order valence-electron chi connectivity index (χ2n) is 8.72. The number of carbonyl (C=O) groups is 1. The number of carboxylic acids is 1. The average molecular weight is 563 g/mol. The SMILES string of the molecule is O=C(O)c1cccc(-c2cc(Cl)ccc2OCCc2cnc(C(F)F)c3nc(Nc4ccccc4)[nH]c(=O)c23)c1. The summed E-state index contributed by atoms with van der Waals surface area (Å²) in [7, 11) is 0. The summed E-state index contributed by atoms with van der Waals surface area (Å²) in [4.78, 5) is 35.3. The van der Waals surface area contributed by atoms with Gasteiger partial charge in [0.1, 0.15) is 17.0 Å². The Morgan fingerprint density at radius 1 is 1.07 bits per heavy atom. The smallest absolute Gasteiger partial charge is 0.335 e. The van der Waals surface area contributed by atoms with Gasteiger partial charge in [-0.1, -0.05) is 41.9 Å². The number of para-hydroxylation sites is 1. The van der Waals surface area contributed by atoms with Crippen molar-refractivity contribution >= 4 is 40.1 Å². The summed E-state index contributed by atoms with van der Waals surface area (Å²) in [5.74, 6) is -0.635. The number of fused-ring (bicyclic) bond motifs is 1. The van der Waals surface area contributed by atoms with Gasteiger partial charge in [0.25, 0.3) is 12.0 Å². The van der Waals surface area contributed by atoms with Crippen LogP contribution < -0.4 is 15.6 Å². The first-order valence-corrected chi connectivity index (χ1v) is 12.5. The number of nitrogens with zero attached hydrogens (tertiary/aromatic N) is 2. The lowest BCUT2D eigenvalue weighted by Crippen LogP contribution is -2.16. The van der Waals surface area contributed by atoms with Gasteiger partial charge < -0.3 is 15.2 Å². The third-order valence-electron chi connectivity index (χ3n) is 6.08. The number of aromatic amines is 1. The Balaban J connectivity index is 1.44. The van der Waals surface area contributed by atoms with E-state index in [-0.39, 0.29) is 35.4 Å². The molecule has 0 bridgehead atoms. The molecule has 0 aliphatic heterocycles. The molecular weight excluding hydrogens is 542 g/mol. The van der Waals surface area contributed by atoms with Crippen LogP contribution in [0.2, 0.25) is 5.02 Å². The third kappa shape index (κ3) is 5.76. The maximum absolute atomic E-state index is 13.8. The molecule has 3 aromatic carbocycles. The summed E-state index contributed by atoms with van der Waals surface area (Å²) in [5.41, 5.74) is 0.866. The highest BCUT2D eigenvalue weighted by molar-refractivity contribution is 6.31. The maximum Gasteiger partial charge on any atom is 0.335 e. The minimum absolute atomic E-state index is 0.00185. The van der Waals surface area contributed by atoms with Gasteiger partial charge in [0.2, 0.25) is 5.95 Å². The largest absolute Gasteiger partial charge is 0.493 e. The van der Waals surface area contributed by atoms with E-state index < -0.39 is 23.6 Å². The van der Waals surface area contributed by atoms with Crippen LogP contribution in [0.3, 0.4) is 0 Å². The fraction of sp³-hybridized carbons (Fsp3) is 0.103. The van der Waals surface area contributed by atoms with Gasteiger partial charge >= 0.3 is 5.97 Å². The Bertz CT molecular complexity index is 1760. The van der Waals surface area contributed by atoms with Crippen LogP contribution >= 0.6 is 11.6 Å². The molecule has 0 aliphatic rings. The lowest BCUT2D eigenvalue weighted by molar-refractivity contribution is 0.0697. The number of alkyl halides is 2. The quantitative estimate of drug-likeness (QED) is 0.184. The molecule has 0 atom stereocenters. The van der Waals surface area contributed by atoms with Gasteiger partial charge in [0.15, 0.2) is 0 Å². The van der Waals surface area contributed by atoms with E-state index in [9.17, 15) is 23.5 Å². The minimum atomic E-state index is -2.94. The first kappa shape index (κ1) is 26.8. The number of rotatable bonds is 9. The van der Waals surface area contributed by atoms with Crippen LogP contribution in [0.5, 0.6) is 5.75 Å². The topological polar surface area (TPSA) is 117 Å². The van der Waals surface area contributed by atoms with Crippen molar-refractivity contribution in [2.24, 2.45) is 0 Å². The predicted molar refractivity (Wildman–Crippen MR) is 148 cm³/mol. The van der Waals surface area contributed by atoms with Gasteiger partial charge in [-0.25, -0.2) is 18.6 Å². The number of H-pyrrole nitrogens is 1. The first-order valence-electron chi connectivity index (χ1n) is 12.1. The highest BCUT2D eigenvalue weighted by Gasteiger charge is 2.20. The molecule has 0 amide bonds. The highest BCUT2D eigenvalue weighted by Crippen LogP contribution is 2.34. The lowest BCUT2D eigenvalue weighted by atomic mass is 10.0. The van der Waals surface area contributed by atoms with E-state index in [0.717, 1.165) is 0 Å². The fourth-order valence-corrected chi connectivity index (χ4v) is 4.41. The van der Waals surface area contributed by atoms with Crippen LogP contribution in [0.25, 0.3) is 22.0 Å². The van der Waals surface area contributed by atoms with E-state index in [2.05, 4.69) is 20.3 Å². The summed E-state index contributed by atoms with van der Waals surface area (Å²) >= 11 is 6.19. The number of benzene rings is 3. The van der Waals surface area contributed by atoms with Crippen LogP contribution in [0.4, 0.5) is 20.4 Å². The Morgan fingerprint density at radius 3 is 2.62 bits per heavy atom. The van der Waals surface area contributed by atoms with Gasteiger partial charge in [-0.05, 0) is 53.6 Å². The molecule has 11 heteroatoms. The number of halogens is 3. The lowest BCUT2D eigenvalue weighted by Gasteiger charge is -2.14. The van der Waals surface area contributed by atoms with Gasteiger partial charge in [-0.15, -0.1) is 0 Å². The summed E-state index contributed by atoms with van der Waals surface area (Å²) < 4.78 is 33.6. The fourth-order valence-electron chi connectivity index (χ4n) is 4.24. The molecule has 3 N–H and O–H groups in total. The van der Waals surface area contributed by atoms with Crippen molar-refractivity contribution in [2.45, 2.75) is 12.8 Å². The zero-order valence-corrected chi connectivity index (χ0v) is 21.5. The van der Waals surface area contributed by atoms with Crippen molar-refractivity contribution in [1.29, 1.82) is 0 Å². The first-order chi connectivity index (χ1) is 19.3. The number of hydrogen-bond donors (Lipinski definition) is 3. The summed E-state index contributed by atoms with van der Waals surface area (Å²) in [6, 6.07) is 20.1. The average Bonchev–Trinajstić information content (AvgIpc) is 2.94. The molecule has 0 saturated heterocycles. The predicted octanol–water partition coefficient (Wildman–Crippen LogP) is 6.64. The van der Waals surface area contributed by atoms with Crippen LogP contribution in [0.1, 0.15) is 28.0 Å². The molecule has 8 nitrogen and oxygen atoms in total. The zero-order valence-electron chi connectivity index (χ0n) is 20.7. The number of pyridine rings is 1. The number of hydrogen-bond acceptors (Lipinski definition) is 6. The standard InChI is InChI=1S/C29H21ClF2N4O4/c30-19-9-10-22(21(14-19)16-5-4-6-17(13-16)28(38)39)40-12-11-18-15-33-25(26(31)32)24-23(18)27(37)36-29(35-24)34-20-7-2-1-3-8-20/h1-10,13-15,26H,11-12H2,(H,38,39)(H2,34,35,36,37). The third-order valence-corrected chi connectivity index (χ3v) is 6.31. The number of ether oxygens (including phenoxy) is 1. The van der Waals surface area contributed by atoms with Crippen molar-refractivity contribution in [1.82, 2.24) is 15.0 Å². The van der Waals surface area contributed by atoms with Gasteiger partial charge in [0, 0.05) is 28.9 Å². The molecule has 2 aromatic heterocycles. The van der Waals surface area contributed by atoms with E-state index in [1.54, 1.807) is 54.6 Å². The molecule has 0 aliphatic carbocycles. The number of aromatic carboxylic acids is 1. The van der Waals surface area contributed by atoms with E-state index in [4.69, 9.17) is 16.3 Å². The Kier molecular flexibility index (Phi) is 7.70. The van der Waals surface area contributed by atoms with Gasteiger partial charge in [-0.2, -0.15) is 0 Å². The monoisotopic (exact) mass is 562 g/mol.